The number of quaternary nitrogens is 1. The van der Waals surface area contributed by atoms with Crippen LogP contribution in [0, 0.1) is 0 Å². The van der Waals surface area contributed by atoms with Crippen LogP contribution in [0.3, 0.4) is 0 Å². The molecular formula is C20H25N2O3S2+. The summed E-state index contributed by atoms with van der Waals surface area (Å²) in [6, 6.07) is 7.46. The van der Waals surface area contributed by atoms with Crippen LogP contribution in [-0.2, 0) is 17.7 Å². The highest BCUT2D eigenvalue weighted by Crippen LogP contribution is 2.35. The van der Waals surface area contributed by atoms with Crippen LogP contribution >= 0.6 is 23.1 Å². The van der Waals surface area contributed by atoms with Crippen molar-refractivity contribution < 1.29 is 19.2 Å². The van der Waals surface area contributed by atoms with E-state index in [4.69, 9.17) is 4.74 Å². The number of thioether (sulfide) groups is 1. The Morgan fingerprint density at radius 2 is 2.00 bits per heavy atom. The van der Waals surface area contributed by atoms with Crippen molar-refractivity contribution in [3.05, 3.63) is 45.8 Å². The lowest BCUT2D eigenvalue weighted by atomic mass is 10.0. The van der Waals surface area contributed by atoms with E-state index < -0.39 is 0 Å². The number of benzene rings is 1. The quantitative estimate of drug-likeness (QED) is 0.573. The molecule has 0 saturated carbocycles. The zero-order valence-electron chi connectivity index (χ0n) is 15.9. The van der Waals surface area contributed by atoms with E-state index in [0.29, 0.717) is 22.7 Å². The van der Waals surface area contributed by atoms with Crippen LogP contribution in [0.1, 0.15) is 45.0 Å². The van der Waals surface area contributed by atoms with Gasteiger partial charge in [-0.15, -0.1) is 23.1 Å². The molecule has 0 bridgehead atoms. The molecule has 0 aliphatic carbocycles. The number of fused-ring (bicyclic) bond motifs is 1. The number of anilines is 1. The first-order valence-corrected chi connectivity index (χ1v) is 11.2. The van der Waals surface area contributed by atoms with E-state index in [-0.39, 0.29) is 11.9 Å². The Morgan fingerprint density at radius 1 is 1.26 bits per heavy atom. The van der Waals surface area contributed by atoms with Crippen molar-refractivity contribution >= 4 is 40.0 Å². The van der Waals surface area contributed by atoms with Crippen LogP contribution in [0.15, 0.2) is 29.2 Å². The van der Waals surface area contributed by atoms with Crippen LogP contribution in [-0.4, -0.2) is 37.8 Å². The normalized spacial score (nSPS) is 15.9. The number of esters is 1. The number of ether oxygens (including phenoxy) is 1. The van der Waals surface area contributed by atoms with Gasteiger partial charge in [0, 0.05) is 16.9 Å². The molecule has 1 aliphatic rings. The molecule has 7 heteroatoms. The minimum Gasteiger partial charge on any atom is -0.462 e. The molecule has 1 aliphatic heterocycles. The summed E-state index contributed by atoms with van der Waals surface area (Å²) >= 11 is 3.14. The number of likely N-dealkylation sites (N-methyl/N-ethyl adjacent to an activating group) is 1. The molecule has 3 rings (SSSR count). The Balaban J connectivity index is 1.90. The van der Waals surface area contributed by atoms with E-state index in [2.05, 4.69) is 12.2 Å². The Bertz CT molecular complexity index is 830. The maximum atomic E-state index is 12.7. The molecule has 0 fully saturated rings. The Kier molecular flexibility index (Phi) is 6.57. The van der Waals surface area contributed by atoms with Crippen LogP contribution in [0.2, 0.25) is 0 Å². The largest absolute Gasteiger partial charge is 0.462 e. The first kappa shape index (κ1) is 19.9. The molecule has 5 nitrogen and oxygen atoms in total. The molecule has 1 atom stereocenters. The molecular weight excluding hydrogens is 380 g/mol. The van der Waals surface area contributed by atoms with E-state index in [9.17, 15) is 9.59 Å². The van der Waals surface area contributed by atoms with Crippen molar-refractivity contribution in [1.29, 1.82) is 0 Å². The van der Waals surface area contributed by atoms with Crippen LogP contribution < -0.4 is 10.2 Å². The second-order valence-corrected chi connectivity index (χ2v) is 8.38. The van der Waals surface area contributed by atoms with Crippen molar-refractivity contribution in [3.8, 4) is 0 Å². The van der Waals surface area contributed by atoms with Gasteiger partial charge in [0.05, 0.1) is 30.1 Å². The molecule has 2 aromatic rings. The SMILES string of the molecule is CCOC(=O)c1c(NC(=O)c2ccc(SC)cc2)sc2c1CC[NH+](CC)C2. The summed E-state index contributed by atoms with van der Waals surface area (Å²) in [4.78, 5) is 29.1. The van der Waals surface area contributed by atoms with Crippen LogP contribution in [0.4, 0.5) is 5.00 Å². The van der Waals surface area contributed by atoms with Gasteiger partial charge in [-0.1, -0.05) is 0 Å². The van der Waals surface area contributed by atoms with Crippen LogP contribution in [0.25, 0.3) is 0 Å². The number of carbonyl (C=O) groups excluding carboxylic acids is 2. The number of nitrogens with one attached hydrogen (secondary N) is 2. The van der Waals surface area contributed by atoms with Crippen LogP contribution in [0.5, 0.6) is 0 Å². The summed E-state index contributed by atoms with van der Waals surface area (Å²) in [6.45, 7) is 7.22. The smallest absolute Gasteiger partial charge is 0.341 e. The molecule has 27 heavy (non-hydrogen) atoms. The van der Waals surface area contributed by atoms with Gasteiger partial charge in [0.1, 0.15) is 11.5 Å². The van der Waals surface area contributed by atoms with Crippen molar-refractivity contribution in [3.63, 3.8) is 0 Å². The number of thiophene rings is 1. The van der Waals surface area contributed by atoms with Gasteiger partial charge in [-0.2, -0.15) is 0 Å². The third-order valence-electron chi connectivity index (χ3n) is 4.79. The fraction of sp³-hybridized carbons (Fsp3) is 0.400. The second kappa shape index (κ2) is 8.91. The van der Waals surface area contributed by atoms with Crippen molar-refractivity contribution in [2.24, 2.45) is 0 Å². The molecule has 2 N–H and O–H groups in total. The number of carbonyl (C=O) groups is 2. The number of amides is 1. The predicted octanol–water partition coefficient (Wildman–Crippen LogP) is 2.86. The van der Waals surface area contributed by atoms with Gasteiger partial charge in [0.25, 0.3) is 5.91 Å². The van der Waals surface area contributed by atoms with Gasteiger partial charge in [-0.05, 0) is 49.9 Å². The molecule has 0 radical (unpaired) electrons. The lowest BCUT2D eigenvalue weighted by molar-refractivity contribution is -0.913. The minimum atomic E-state index is -0.344. The standard InChI is InChI=1S/C20H24N2O3S2/c1-4-22-11-10-15-16(12-22)27-19(17(15)20(24)25-5-2)21-18(23)13-6-8-14(26-3)9-7-13/h6-9H,4-5,10-12H2,1-3H3,(H,21,23)/p+1. The highest BCUT2D eigenvalue weighted by molar-refractivity contribution is 7.98. The van der Waals surface area contributed by atoms with Gasteiger partial charge >= 0.3 is 5.97 Å². The lowest BCUT2D eigenvalue weighted by Crippen LogP contribution is -3.11. The molecule has 0 saturated heterocycles. The van der Waals surface area contributed by atoms with Crippen molar-refractivity contribution in [2.75, 3.05) is 31.3 Å². The number of hydrogen-bond donors (Lipinski definition) is 2. The Labute approximate surface area is 168 Å². The second-order valence-electron chi connectivity index (χ2n) is 6.39. The maximum Gasteiger partial charge on any atom is 0.341 e. The highest BCUT2D eigenvalue weighted by atomic mass is 32.2. The van der Waals surface area contributed by atoms with E-state index in [1.165, 1.54) is 21.1 Å². The Morgan fingerprint density at radius 3 is 2.63 bits per heavy atom. The third kappa shape index (κ3) is 4.36. The molecule has 0 spiro atoms. The molecule has 1 amide bonds. The fourth-order valence-electron chi connectivity index (χ4n) is 3.26. The average Bonchev–Trinajstić information content (AvgIpc) is 3.04. The van der Waals surface area contributed by atoms with E-state index in [0.717, 1.165) is 36.5 Å². The highest BCUT2D eigenvalue weighted by Gasteiger charge is 2.30. The summed E-state index contributed by atoms with van der Waals surface area (Å²) in [5, 5.41) is 3.56. The molecule has 144 valence electrons. The summed E-state index contributed by atoms with van der Waals surface area (Å²) < 4.78 is 5.27. The fourth-order valence-corrected chi connectivity index (χ4v) is 4.97. The molecule has 1 aromatic heterocycles. The zero-order valence-corrected chi connectivity index (χ0v) is 17.5. The third-order valence-corrected chi connectivity index (χ3v) is 6.68. The first-order valence-electron chi connectivity index (χ1n) is 9.18. The molecule has 1 aromatic carbocycles. The van der Waals surface area contributed by atoms with E-state index in [1.807, 2.05) is 30.5 Å². The van der Waals surface area contributed by atoms with Gasteiger partial charge in [-0.25, -0.2) is 4.79 Å². The summed E-state index contributed by atoms with van der Waals surface area (Å²) in [5.74, 6) is -0.547. The number of hydrogen-bond acceptors (Lipinski definition) is 5. The monoisotopic (exact) mass is 405 g/mol. The van der Waals surface area contributed by atoms with E-state index >= 15 is 0 Å². The summed E-state index contributed by atoms with van der Waals surface area (Å²) in [5.41, 5.74) is 2.17. The molecule has 2 heterocycles. The maximum absolute atomic E-state index is 12.7. The Hall–Kier alpha value is -1.83. The predicted molar refractivity (Wildman–Crippen MR) is 110 cm³/mol. The van der Waals surface area contributed by atoms with Crippen molar-refractivity contribution in [1.82, 2.24) is 0 Å². The van der Waals surface area contributed by atoms with Gasteiger partial charge < -0.3 is 15.0 Å². The van der Waals surface area contributed by atoms with E-state index in [1.54, 1.807) is 18.7 Å². The lowest BCUT2D eigenvalue weighted by Gasteiger charge is -2.22. The topological polar surface area (TPSA) is 59.8 Å². The van der Waals surface area contributed by atoms with Gasteiger partial charge in [0.2, 0.25) is 0 Å². The summed E-state index contributed by atoms with van der Waals surface area (Å²) in [6.07, 6.45) is 2.83. The average molecular weight is 406 g/mol. The van der Waals surface area contributed by atoms with Gasteiger partial charge in [0.15, 0.2) is 0 Å². The first-order chi connectivity index (χ1) is 13.1. The number of rotatable bonds is 6. The van der Waals surface area contributed by atoms with Crippen molar-refractivity contribution in [2.45, 2.75) is 31.7 Å². The minimum absolute atomic E-state index is 0.202. The molecule has 1 unspecified atom stereocenters. The zero-order chi connectivity index (χ0) is 19.4. The van der Waals surface area contributed by atoms with Gasteiger partial charge in [-0.3, -0.25) is 4.79 Å². The summed E-state index contributed by atoms with van der Waals surface area (Å²) in [7, 11) is 0.